The summed E-state index contributed by atoms with van der Waals surface area (Å²) < 4.78 is 17.0. The fourth-order valence-electron chi connectivity index (χ4n) is 11.0. The molecule has 0 aromatic heterocycles. The maximum absolute atomic E-state index is 13.0. The number of hydrogen-bond donors (Lipinski definition) is 0. The van der Waals surface area contributed by atoms with Gasteiger partial charge in [-0.25, -0.2) is 0 Å². The fraction of sp³-hybridized carbons (Fsp3) is 0.930. The van der Waals surface area contributed by atoms with E-state index in [1.807, 2.05) is 0 Å². The highest BCUT2D eigenvalue weighted by atomic mass is 16.6. The van der Waals surface area contributed by atoms with Crippen LogP contribution in [0.3, 0.4) is 0 Å². The van der Waals surface area contributed by atoms with Gasteiger partial charge in [-0.15, -0.1) is 0 Å². The van der Waals surface area contributed by atoms with E-state index < -0.39 is 6.10 Å². The zero-order valence-corrected chi connectivity index (χ0v) is 52.5. The number of rotatable bonds is 66. The van der Waals surface area contributed by atoms with Crippen molar-refractivity contribution in [1.29, 1.82) is 0 Å². The summed E-state index contributed by atoms with van der Waals surface area (Å²) in [6, 6.07) is 0. The van der Waals surface area contributed by atoms with Crippen molar-refractivity contribution < 1.29 is 28.6 Å². The van der Waals surface area contributed by atoms with Crippen LogP contribution in [0, 0.1) is 0 Å². The number of carbonyl (C=O) groups excluding carboxylic acids is 3. The van der Waals surface area contributed by atoms with Gasteiger partial charge in [-0.2, -0.15) is 0 Å². The quantitative estimate of drug-likeness (QED) is 0.0261. The molecule has 77 heavy (non-hydrogen) atoms. The lowest BCUT2D eigenvalue weighted by molar-refractivity contribution is -0.167. The maximum atomic E-state index is 13.0. The Morgan fingerprint density at radius 1 is 0.247 bits per heavy atom. The first-order valence-corrected chi connectivity index (χ1v) is 35.2. The Kier molecular flexibility index (Phi) is 65.1. The number of esters is 3. The molecule has 6 heteroatoms. The SMILES string of the molecule is CCCCCCCC/C=C\CCCCCCCCCCCC(=O)OC[C@H](COC(=O)CCCCCCCCCCCCCCCCCCCCC)OC(=O)CCCCCCCCCCCCCCCCCCCCCCC. The molecule has 0 fully saturated rings. The summed E-state index contributed by atoms with van der Waals surface area (Å²) >= 11 is 0. The van der Waals surface area contributed by atoms with Gasteiger partial charge in [-0.05, 0) is 44.9 Å². The monoisotopic (exact) mass is 1090 g/mol. The van der Waals surface area contributed by atoms with E-state index in [2.05, 4.69) is 32.9 Å². The van der Waals surface area contributed by atoms with E-state index in [0.717, 1.165) is 57.8 Å². The van der Waals surface area contributed by atoms with Crippen molar-refractivity contribution in [3.8, 4) is 0 Å². The van der Waals surface area contributed by atoms with Crippen LogP contribution in [-0.4, -0.2) is 37.2 Å². The van der Waals surface area contributed by atoms with Crippen LogP contribution in [0.5, 0.6) is 0 Å². The molecule has 0 aliphatic heterocycles. The molecule has 6 nitrogen and oxygen atoms in total. The molecule has 1 atom stereocenters. The average Bonchev–Trinajstić information content (AvgIpc) is 3.43. The van der Waals surface area contributed by atoms with Crippen molar-refractivity contribution in [2.75, 3.05) is 13.2 Å². The molecule has 0 saturated heterocycles. The van der Waals surface area contributed by atoms with Gasteiger partial charge in [-0.3, -0.25) is 14.4 Å². The molecule has 0 saturated carbocycles. The summed E-state index contributed by atoms with van der Waals surface area (Å²) in [5.74, 6) is -0.828. The van der Waals surface area contributed by atoms with Crippen LogP contribution in [0.1, 0.15) is 406 Å². The van der Waals surface area contributed by atoms with Gasteiger partial charge in [0.05, 0.1) is 0 Å². The van der Waals surface area contributed by atoms with Crippen LogP contribution < -0.4 is 0 Å². The third-order valence-electron chi connectivity index (χ3n) is 16.3. The second-order valence-corrected chi connectivity index (χ2v) is 24.2. The Morgan fingerprint density at radius 2 is 0.429 bits per heavy atom. The lowest BCUT2D eigenvalue weighted by Gasteiger charge is -2.18. The molecular weight excluding hydrogens is 949 g/mol. The minimum Gasteiger partial charge on any atom is -0.462 e. The van der Waals surface area contributed by atoms with E-state index in [1.165, 1.54) is 308 Å². The normalized spacial score (nSPS) is 12.0. The summed E-state index contributed by atoms with van der Waals surface area (Å²) in [5, 5.41) is 0. The van der Waals surface area contributed by atoms with Crippen LogP contribution in [0.2, 0.25) is 0 Å². The van der Waals surface area contributed by atoms with Crippen LogP contribution in [0.4, 0.5) is 0 Å². The second kappa shape index (κ2) is 66.7. The lowest BCUT2D eigenvalue weighted by Crippen LogP contribution is -2.30. The summed E-state index contributed by atoms with van der Waals surface area (Å²) in [6.07, 6.45) is 79.4. The summed E-state index contributed by atoms with van der Waals surface area (Å²) in [6.45, 7) is 6.73. The Hall–Kier alpha value is -1.85. The molecule has 0 aliphatic carbocycles. The number of ether oxygens (including phenoxy) is 3. The van der Waals surface area contributed by atoms with E-state index in [1.54, 1.807) is 0 Å². The minimum absolute atomic E-state index is 0.0633. The van der Waals surface area contributed by atoms with Crippen molar-refractivity contribution in [3.05, 3.63) is 12.2 Å². The van der Waals surface area contributed by atoms with E-state index in [4.69, 9.17) is 14.2 Å². The molecule has 0 unspecified atom stereocenters. The highest BCUT2D eigenvalue weighted by Crippen LogP contribution is 2.19. The van der Waals surface area contributed by atoms with Gasteiger partial charge in [-0.1, -0.05) is 354 Å². The third kappa shape index (κ3) is 64.9. The molecule has 0 radical (unpaired) electrons. The van der Waals surface area contributed by atoms with E-state index in [0.29, 0.717) is 19.3 Å². The Morgan fingerprint density at radius 3 is 0.649 bits per heavy atom. The van der Waals surface area contributed by atoms with Gasteiger partial charge in [0, 0.05) is 19.3 Å². The summed E-state index contributed by atoms with van der Waals surface area (Å²) in [5.41, 5.74) is 0. The van der Waals surface area contributed by atoms with Gasteiger partial charge in [0.2, 0.25) is 0 Å². The second-order valence-electron chi connectivity index (χ2n) is 24.2. The van der Waals surface area contributed by atoms with Gasteiger partial charge >= 0.3 is 17.9 Å². The van der Waals surface area contributed by atoms with Crippen LogP contribution in [-0.2, 0) is 28.6 Å². The molecular formula is C71H136O6. The average molecular weight is 1090 g/mol. The predicted molar refractivity (Wildman–Crippen MR) is 335 cm³/mol. The molecule has 0 rings (SSSR count). The molecule has 0 heterocycles. The maximum Gasteiger partial charge on any atom is 0.306 e. The Bertz CT molecular complexity index is 1200. The molecule has 0 spiro atoms. The Balaban J connectivity index is 4.29. The Labute approximate surface area is 481 Å². The third-order valence-corrected chi connectivity index (χ3v) is 16.3. The molecule has 0 aromatic carbocycles. The van der Waals surface area contributed by atoms with E-state index in [-0.39, 0.29) is 31.1 Å². The molecule has 0 aliphatic rings. The van der Waals surface area contributed by atoms with Crippen LogP contribution in [0.15, 0.2) is 12.2 Å². The first-order chi connectivity index (χ1) is 38.0. The summed E-state index contributed by atoms with van der Waals surface area (Å²) in [7, 11) is 0. The van der Waals surface area contributed by atoms with Gasteiger partial charge in [0.1, 0.15) is 13.2 Å². The van der Waals surface area contributed by atoms with Crippen LogP contribution >= 0.6 is 0 Å². The van der Waals surface area contributed by atoms with E-state index in [9.17, 15) is 14.4 Å². The van der Waals surface area contributed by atoms with Crippen molar-refractivity contribution in [1.82, 2.24) is 0 Å². The standard InChI is InChI=1S/C71H136O6/c1-4-7-10-13-16-19-22-25-28-31-34-35-38-41-44-47-50-53-56-59-62-65-71(74)77-68(66-75-69(72)63-60-57-54-51-48-45-42-39-36-32-29-26-23-20-17-14-11-8-5-2)67-76-70(73)64-61-58-55-52-49-46-43-40-37-33-30-27-24-21-18-15-12-9-6-3/h26,29,68H,4-25,27-28,30-67H2,1-3H3/b29-26-/t68-/m1/s1. The topological polar surface area (TPSA) is 78.9 Å². The largest absolute Gasteiger partial charge is 0.462 e. The number of carbonyl (C=O) groups is 3. The highest BCUT2D eigenvalue weighted by Gasteiger charge is 2.19. The van der Waals surface area contributed by atoms with Crippen molar-refractivity contribution in [2.45, 2.75) is 412 Å². The smallest absolute Gasteiger partial charge is 0.306 e. The minimum atomic E-state index is -0.767. The highest BCUT2D eigenvalue weighted by molar-refractivity contribution is 5.71. The molecule has 0 bridgehead atoms. The van der Waals surface area contributed by atoms with Gasteiger partial charge < -0.3 is 14.2 Å². The molecule has 0 amide bonds. The fourth-order valence-corrected chi connectivity index (χ4v) is 11.0. The summed E-state index contributed by atoms with van der Waals surface area (Å²) in [4.78, 5) is 38.5. The molecule has 456 valence electrons. The first-order valence-electron chi connectivity index (χ1n) is 35.2. The van der Waals surface area contributed by atoms with Crippen molar-refractivity contribution in [2.24, 2.45) is 0 Å². The van der Waals surface area contributed by atoms with Crippen molar-refractivity contribution in [3.63, 3.8) is 0 Å². The lowest BCUT2D eigenvalue weighted by atomic mass is 10.0. The zero-order chi connectivity index (χ0) is 55.7. The predicted octanol–water partition coefficient (Wildman–Crippen LogP) is 24.0. The van der Waals surface area contributed by atoms with Crippen LogP contribution in [0.25, 0.3) is 0 Å². The van der Waals surface area contributed by atoms with Gasteiger partial charge in [0.25, 0.3) is 0 Å². The first kappa shape index (κ1) is 75.2. The molecule has 0 aromatic rings. The number of allylic oxidation sites excluding steroid dienone is 2. The number of unbranched alkanes of at least 4 members (excludes halogenated alkanes) is 53. The van der Waals surface area contributed by atoms with E-state index >= 15 is 0 Å². The van der Waals surface area contributed by atoms with Gasteiger partial charge in [0.15, 0.2) is 6.10 Å². The zero-order valence-electron chi connectivity index (χ0n) is 52.5. The number of hydrogen-bond acceptors (Lipinski definition) is 6. The molecule has 0 N–H and O–H groups in total. The van der Waals surface area contributed by atoms with Crippen molar-refractivity contribution >= 4 is 17.9 Å².